The van der Waals surface area contributed by atoms with Crippen LogP contribution in [0.4, 0.5) is 0 Å². The van der Waals surface area contributed by atoms with Crippen LogP contribution in [0, 0.1) is 20.8 Å². The molecule has 1 heterocycles. The first-order valence-electron chi connectivity index (χ1n) is 8.83. The van der Waals surface area contributed by atoms with Crippen molar-refractivity contribution in [3.05, 3.63) is 65.0 Å². The Labute approximate surface area is 158 Å². The van der Waals surface area contributed by atoms with Gasteiger partial charge in [0, 0.05) is 5.56 Å². The van der Waals surface area contributed by atoms with E-state index in [0.29, 0.717) is 17.5 Å². The number of nitrogens with one attached hydrogen (secondary N) is 1. The fraction of sp³-hybridized carbons (Fsp3) is 0.286. The van der Waals surface area contributed by atoms with Gasteiger partial charge in [-0.3, -0.25) is 4.79 Å². The molecule has 0 aliphatic rings. The largest absolute Gasteiger partial charge is 0.481 e. The van der Waals surface area contributed by atoms with Gasteiger partial charge in [0.2, 0.25) is 11.7 Å². The minimum absolute atomic E-state index is 0.151. The third-order valence-electron chi connectivity index (χ3n) is 4.32. The monoisotopic (exact) mass is 365 g/mol. The van der Waals surface area contributed by atoms with Crippen molar-refractivity contribution in [3.63, 3.8) is 0 Å². The van der Waals surface area contributed by atoms with Gasteiger partial charge >= 0.3 is 0 Å². The van der Waals surface area contributed by atoms with E-state index in [0.717, 1.165) is 16.7 Å². The molecular formula is C21H23N3O3. The predicted molar refractivity (Wildman–Crippen MR) is 102 cm³/mol. The molecule has 2 aromatic carbocycles. The summed E-state index contributed by atoms with van der Waals surface area (Å²) >= 11 is 0. The lowest BCUT2D eigenvalue weighted by Crippen LogP contribution is -2.36. The Morgan fingerprint density at radius 2 is 1.96 bits per heavy atom. The van der Waals surface area contributed by atoms with Gasteiger partial charge in [0.1, 0.15) is 5.75 Å². The normalized spacial score (nSPS) is 11.9. The van der Waals surface area contributed by atoms with E-state index < -0.39 is 6.10 Å². The summed E-state index contributed by atoms with van der Waals surface area (Å²) in [5.41, 5.74) is 4.29. The molecule has 140 valence electrons. The molecule has 0 bridgehead atoms. The van der Waals surface area contributed by atoms with Crippen LogP contribution in [0.15, 0.2) is 47.0 Å². The van der Waals surface area contributed by atoms with Gasteiger partial charge in [-0.2, -0.15) is 4.98 Å². The number of hydrogen-bond acceptors (Lipinski definition) is 5. The number of carbonyl (C=O) groups is 1. The van der Waals surface area contributed by atoms with Crippen LogP contribution in [-0.4, -0.2) is 22.2 Å². The molecule has 0 spiro atoms. The van der Waals surface area contributed by atoms with E-state index in [1.165, 1.54) is 5.56 Å². The molecule has 1 amide bonds. The van der Waals surface area contributed by atoms with E-state index in [1.807, 2.05) is 63.2 Å². The number of ether oxygens (including phenoxy) is 1. The minimum atomic E-state index is -0.633. The average molecular weight is 365 g/mol. The fourth-order valence-electron chi connectivity index (χ4n) is 2.58. The van der Waals surface area contributed by atoms with E-state index in [-0.39, 0.29) is 12.5 Å². The maximum absolute atomic E-state index is 12.3. The lowest BCUT2D eigenvalue weighted by Gasteiger charge is -2.15. The van der Waals surface area contributed by atoms with E-state index in [9.17, 15) is 4.79 Å². The molecule has 0 saturated heterocycles. The maximum atomic E-state index is 12.3. The molecule has 3 rings (SSSR count). The lowest BCUT2D eigenvalue weighted by molar-refractivity contribution is -0.127. The highest BCUT2D eigenvalue weighted by Gasteiger charge is 2.16. The molecule has 1 unspecified atom stereocenters. The lowest BCUT2D eigenvalue weighted by atomic mass is 10.1. The molecular weight excluding hydrogens is 342 g/mol. The van der Waals surface area contributed by atoms with Crippen molar-refractivity contribution in [1.29, 1.82) is 0 Å². The Bertz CT molecular complexity index is 949. The summed E-state index contributed by atoms with van der Waals surface area (Å²) in [5.74, 6) is 1.27. The Morgan fingerprint density at radius 1 is 1.15 bits per heavy atom. The molecule has 0 aliphatic carbocycles. The number of carbonyl (C=O) groups excluding carboxylic acids is 1. The highest BCUT2D eigenvalue weighted by Crippen LogP contribution is 2.18. The topological polar surface area (TPSA) is 77.2 Å². The van der Waals surface area contributed by atoms with Crippen LogP contribution < -0.4 is 10.1 Å². The van der Waals surface area contributed by atoms with Gasteiger partial charge < -0.3 is 14.6 Å². The molecule has 0 radical (unpaired) electrons. The number of rotatable bonds is 6. The number of benzene rings is 2. The van der Waals surface area contributed by atoms with Crippen LogP contribution in [0.3, 0.4) is 0 Å². The smallest absolute Gasteiger partial charge is 0.261 e. The zero-order chi connectivity index (χ0) is 19.4. The van der Waals surface area contributed by atoms with Gasteiger partial charge in [0.05, 0.1) is 6.54 Å². The zero-order valence-electron chi connectivity index (χ0n) is 15.9. The molecule has 1 aromatic heterocycles. The minimum Gasteiger partial charge on any atom is -0.481 e. The van der Waals surface area contributed by atoms with Crippen molar-refractivity contribution in [2.75, 3.05) is 0 Å². The Hall–Kier alpha value is -3.15. The van der Waals surface area contributed by atoms with E-state index >= 15 is 0 Å². The van der Waals surface area contributed by atoms with E-state index in [1.54, 1.807) is 6.92 Å². The van der Waals surface area contributed by atoms with E-state index in [4.69, 9.17) is 9.26 Å². The van der Waals surface area contributed by atoms with E-state index in [2.05, 4.69) is 15.5 Å². The van der Waals surface area contributed by atoms with Gasteiger partial charge in [0.15, 0.2) is 6.10 Å². The summed E-state index contributed by atoms with van der Waals surface area (Å²) in [4.78, 5) is 16.6. The molecule has 0 saturated carbocycles. The third-order valence-corrected chi connectivity index (χ3v) is 4.32. The number of amides is 1. The molecule has 0 fully saturated rings. The summed E-state index contributed by atoms with van der Waals surface area (Å²) in [6, 6.07) is 13.6. The second kappa shape index (κ2) is 8.03. The highest BCUT2D eigenvalue weighted by molar-refractivity contribution is 5.80. The summed E-state index contributed by atoms with van der Waals surface area (Å²) in [5, 5.41) is 6.73. The quantitative estimate of drug-likeness (QED) is 0.720. The molecule has 3 aromatic rings. The average Bonchev–Trinajstić information content (AvgIpc) is 3.12. The van der Waals surface area contributed by atoms with Crippen LogP contribution in [0.5, 0.6) is 5.75 Å². The Balaban J connectivity index is 1.56. The van der Waals surface area contributed by atoms with Crippen LogP contribution in [0.2, 0.25) is 0 Å². The number of hydrogen-bond donors (Lipinski definition) is 1. The number of nitrogens with zero attached hydrogens (tertiary/aromatic N) is 2. The zero-order valence-corrected chi connectivity index (χ0v) is 15.9. The molecule has 6 nitrogen and oxygen atoms in total. The van der Waals surface area contributed by atoms with Crippen molar-refractivity contribution in [2.45, 2.75) is 40.3 Å². The van der Waals surface area contributed by atoms with Gasteiger partial charge in [-0.1, -0.05) is 35.0 Å². The number of aromatic nitrogens is 2. The molecule has 6 heteroatoms. The highest BCUT2D eigenvalue weighted by atomic mass is 16.5. The van der Waals surface area contributed by atoms with Gasteiger partial charge in [-0.15, -0.1) is 0 Å². The van der Waals surface area contributed by atoms with Crippen LogP contribution in [0.1, 0.15) is 29.5 Å². The first-order chi connectivity index (χ1) is 12.9. The van der Waals surface area contributed by atoms with Gasteiger partial charge in [-0.05, 0) is 57.0 Å². The Kier molecular flexibility index (Phi) is 5.54. The van der Waals surface area contributed by atoms with Crippen LogP contribution in [0.25, 0.3) is 11.4 Å². The van der Waals surface area contributed by atoms with Crippen LogP contribution in [-0.2, 0) is 11.3 Å². The number of aryl methyl sites for hydroxylation is 3. The van der Waals surface area contributed by atoms with Crippen molar-refractivity contribution < 1.29 is 14.1 Å². The molecule has 1 N–H and O–H groups in total. The molecule has 1 atom stereocenters. The summed E-state index contributed by atoms with van der Waals surface area (Å²) in [6.07, 6.45) is -0.633. The van der Waals surface area contributed by atoms with Crippen molar-refractivity contribution in [2.24, 2.45) is 0 Å². The second-order valence-corrected chi connectivity index (χ2v) is 6.61. The van der Waals surface area contributed by atoms with Gasteiger partial charge in [0.25, 0.3) is 5.91 Å². The summed E-state index contributed by atoms with van der Waals surface area (Å²) in [6.45, 7) is 7.90. The standard InChI is InChI=1S/C21H23N3O3/c1-13-6-5-7-17(10-13)20-23-19(27-24-20)12-22-21(25)16(4)26-18-9-8-14(2)15(3)11-18/h5-11,16H,12H2,1-4H3,(H,22,25). The fourth-order valence-corrected chi connectivity index (χ4v) is 2.58. The van der Waals surface area contributed by atoms with Crippen molar-refractivity contribution in [3.8, 4) is 17.1 Å². The van der Waals surface area contributed by atoms with Crippen molar-refractivity contribution >= 4 is 5.91 Å². The summed E-state index contributed by atoms with van der Waals surface area (Å²) < 4.78 is 10.9. The summed E-state index contributed by atoms with van der Waals surface area (Å²) in [7, 11) is 0. The van der Waals surface area contributed by atoms with Gasteiger partial charge in [-0.25, -0.2) is 0 Å². The Morgan fingerprint density at radius 3 is 2.70 bits per heavy atom. The molecule has 27 heavy (non-hydrogen) atoms. The predicted octanol–water partition coefficient (Wildman–Crippen LogP) is 3.75. The maximum Gasteiger partial charge on any atom is 0.261 e. The first kappa shape index (κ1) is 18.6. The van der Waals surface area contributed by atoms with Crippen LogP contribution >= 0.6 is 0 Å². The van der Waals surface area contributed by atoms with Crippen molar-refractivity contribution in [1.82, 2.24) is 15.5 Å². The first-order valence-corrected chi connectivity index (χ1v) is 8.83. The molecule has 0 aliphatic heterocycles. The third kappa shape index (κ3) is 4.73. The second-order valence-electron chi connectivity index (χ2n) is 6.61. The SMILES string of the molecule is Cc1cccc(-c2noc(CNC(=O)C(C)Oc3ccc(C)c(C)c3)n2)c1.